The van der Waals surface area contributed by atoms with Crippen molar-refractivity contribution in [3.63, 3.8) is 0 Å². The Labute approximate surface area is 309 Å². The minimum Gasteiger partial charge on any atom is -0.344 e. The third kappa shape index (κ3) is 9.61. The Hall–Kier alpha value is -3.23. The van der Waals surface area contributed by atoms with E-state index in [2.05, 4.69) is 75.3 Å². The van der Waals surface area contributed by atoms with Crippen LogP contribution in [0.4, 0.5) is 11.4 Å². The van der Waals surface area contributed by atoms with Gasteiger partial charge in [0.15, 0.2) is 25.4 Å². The molecule has 0 aliphatic carbocycles. The van der Waals surface area contributed by atoms with Crippen molar-refractivity contribution in [2.24, 2.45) is 0 Å². The quantitative estimate of drug-likeness (QED) is 0.0866. The Morgan fingerprint density at radius 1 is 0.647 bits per heavy atom. The maximum Gasteiger partial charge on any atom is 0.209 e. The molecule has 2 aromatic carbocycles. The van der Waals surface area contributed by atoms with E-state index in [0.717, 1.165) is 48.4 Å². The largest absolute Gasteiger partial charge is 0.344 e. The van der Waals surface area contributed by atoms with Gasteiger partial charge >= 0.3 is 0 Å². The van der Waals surface area contributed by atoms with E-state index < -0.39 is 19.7 Å². The lowest BCUT2D eigenvalue weighted by Crippen LogP contribution is -2.28. The molecule has 2 aliphatic rings. The monoisotopic (exact) mass is 733 g/mol. The molecule has 0 N–H and O–H groups in total. The summed E-state index contributed by atoms with van der Waals surface area (Å²) < 4.78 is 52.1. The zero-order valence-electron chi connectivity index (χ0n) is 32.3. The van der Waals surface area contributed by atoms with E-state index in [-0.39, 0.29) is 10.8 Å². The highest BCUT2D eigenvalue weighted by Gasteiger charge is 2.44. The van der Waals surface area contributed by atoms with E-state index >= 15 is 0 Å². The number of nitrogens with zero attached hydrogens (tertiary/aromatic N) is 2. The molecule has 0 atom stereocenters. The highest BCUT2D eigenvalue weighted by Crippen LogP contribution is 2.48. The maximum absolute atomic E-state index is 12.4. The minimum absolute atomic E-state index is 0.343. The average Bonchev–Trinajstić information content (AvgIpc) is 3.41. The third-order valence-electron chi connectivity index (χ3n) is 10.5. The summed E-state index contributed by atoms with van der Waals surface area (Å²) in [6.45, 7) is 15.0. The Kier molecular flexibility index (Phi) is 13.6. The number of benzene rings is 2. The van der Waals surface area contributed by atoms with Crippen molar-refractivity contribution in [1.82, 2.24) is 0 Å². The van der Waals surface area contributed by atoms with E-state index in [1.54, 1.807) is 12.1 Å². The number of allylic oxidation sites excluding steroid dienone is 8. The van der Waals surface area contributed by atoms with E-state index in [1.807, 2.05) is 42.5 Å². The zero-order chi connectivity index (χ0) is 37.5. The SMILES string of the molecule is CCCCCCCN1C(=CC=CC=CC=CC2=[N+](CCCCCCC)c3ccc(S(C)(=O)=O)cc3C2(C)C)C(C)(C)c2cc(S(C)(=O)=O)ccc21. The fourth-order valence-electron chi connectivity index (χ4n) is 7.49. The molecule has 2 heterocycles. The highest BCUT2D eigenvalue weighted by molar-refractivity contribution is 7.91. The van der Waals surface area contributed by atoms with Crippen molar-refractivity contribution in [1.29, 1.82) is 0 Å². The first-order chi connectivity index (χ1) is 24.0. The lowest BCUT2D eigenvalue weighted by atomic mass is 9.81. The second-order valence-corrected chi connectivity index (χ2v) is 19.4. The van der Waals surface area contributed by atoms with Gasteiger partial charge in [-0.05, 0) is 68.7 Å². The van der Waals surface area contributed by atoms with Gasteiger partial charge in [0, 0.05) is 60.0 Å². The van der Waals surface area contributed by atoms with Crippen LogP contribution in [0.15, 0.2) is 94.4 Å². The summed E-state index contributed by atoms with van der Waals surface area (Å²) in [7, 11) is -6.62. The third-order valence-corrected chi connectivity index (χ3v) is 12.7. The van der Waals surface area contributed by atoms with Crippen molar-refractivity contribution < 1.29 is 21.4 Å². The number of unbranched alkanes of at least 4 members (excludes halogenated alkanes) is 8. The van der Waals surface area contributed by atoms with Gasteiger partial charge in [0.25, 0.3) is 0 Å². The summed E-state index contributed by atoms with van der Waals surface area (Å²) in [4.78, 5) is 3.10. The molecule has 0 saturated carbocycles. The topological polar surface area (TPSA) is 74.5 Å². The number of hydrogen-bond acceptors (Lipinski definition) is 5. The summed E-state index contributed by atoms with van der Waals surface area (Å²) in [5.74, 6) is 0. The number of fused-ring (bicyclic) bond motifs is 2. The predicted molar refractivity (Wildman–Crippen MR) is 215 cm³/mol. The molecule has 2 aliphatic heterocycles. The van der Waals surface area contributed by atoms with Crippen LogP contribution in [0.2, 0.25) is 0 Å². The molecular formula is C43H61N2O4S2+. The Morgan fingerprint density at radius 2 is 1.20 bits per heavy atom. The van der Waals surface area contributed by atoms with Crippen LogP contribution >= 0.6 is 0 Å². The molecule has 0 saturated heterocycles. The fraction of sp³-hybridized carbons (Fsp3) is 0.512. The van der Waals surface area contributed by atoms with Gasteiger partial charge in [-0.2, -0.15) is 4.58 Å². The fourth-order valence-corrected chi connectivity index (χ4v) is 8.78. The normalized spacial score (nSPS) is 17.9. The van der Waals surface area contributed by atoms with Gasteiger partial charge in [-0.25, -0.2) is 16.8 Å². The Bertz CT molecular complexity index is 1930. The first-order valence-corrected chi connectivity index (χ1v) is 22.7. The molecule has 0 unspecified atom stereocenters. The van der Waals surface area contributed by atoms with Crippen LogP contribution in [0, 0.1) is 0 Å². The smallest absolute Gasteiger partial charge is 0.209 e. The van der Waals surface area contributed by atoms with Crippen LogP contribution < -0.4 is 4.90 Å². The van der Waals surface area contributed by atoms with Crippen LogP contribution in [0.25, 0.3) is 0 Å². The molecule has 0 aromatic heterocycles. The number of anilines is 1. The van der Waals surface area contributed by atoms with Crippen LogP contribution in [0.3, 0.4) is 0 Å². The summed E-state index contributed by atoms with van der Waals surface area (Å²) in [5, 5.41) is 0. The van der Waals surface area contributed by atoms with Crippen LogP contribution in [0.5, 0.6) is 0 Å². The van der Waals surface area contributed by atoms with Gasteiger partial charge in [0.05, 0.1) is 15.2 Å². The number of sulfone groups is 2. The predicted octanol–water partition coefficient (Wildman–Crippen LogP) is 10.2. The molecular weight excluding hydrogens is 673 g/mol. The molecule has 0 radical (unpaired) electrons. The standard InChI is InChI=1S/C43H61N2O4S2/c1-9-11-13-18-22-30-44-38-28-26-34(50(7,46)47)32-36(38)42(3,4)40(44)24-20-16-15-17-21-25-41-43(5,6)37-33-35(51(8,48)49)27-29-39(37)45(41)31-23-19-14-12-10-2/h15-17,20-21,24-29,32-33H,9-14,18-19,22-23,30-31H2,1-8H3/q+1. The van der Waals surface area contributed by atoms with E-state index in [9.17, 15) is 16.8 Å². The van der Waals surface area contributed by atoms with Gasteiger partial charge in [0.2, 0.25) is 5.69 Å². The zero-order valence-corrected chi connectivity index (χ0v) is 34.0. The summed E-state index contributed by atoms with van der Waals surface area (Å²) in [5.41, 5.74) is 5.94. The second kappa shape index (κ2) is 17.1. The van der Waals surface area contributed by atoms with Crippen molar-refractivity contribution in [2.75, 3.05) is 30.5 Å². The van der Waals surface area contributed by atoms with Crippen LogP contribution in [-0.4, -0.2) is 52.7 Å². The van der Waals surface area contributed by atoms with E-state index in [0.29, 0.717) is 9.79 Å². The first-order valence-electron chi connectivity index (χ1n) is 18.9. The van der Waals surface area contributed by atoms with Gasteiger partial charge in [-0.1, -0.05) is 103 Å². The Morgan fingerprint density at radius 3 is 1.82 bits per heavy atom. The average molecular weight is 734 g/mol. The molecule has 0 fully saturated rings. The second-order valence-electron chi connectivity index (χ2n) is 15.4. The molecule has 0 spiro atoms. The van der Waals surface area contributed by atoms with Crippen LogP contribution in [0.1, 0.15) is 117 Å². The highest BCUT2D eigenvalue weighted by atomic mass is 32.2. The van der Waals surface area contributed by atoms with E-state index in [4.69, 9.17) is 0 Å². The summed E-state index contributed by atoms with van der Waals surface area (Å²) in [6.07, 6.45) is 29.0. The lowest BCUT2D eigenvalue weighted by Gasteiger charge is -2.27. The molecule has 6 nitrogen and oxygen atoms in total. The maximum atomic E-state index is 12.4. The molecule has 8 heteroatoms. The van der Waals surface area contributed by atoms with Crippen molar-refractivity contribution in [3.8, 4) is 0 Å². The van der Waals surface area contributed by atoms with Crippen molar-refractivity contribution in [3.05, 3.63) is 95.8 Å². The first kappa shape index (κ1) is 40.5. The molecule has 51 heavy (non-hydrogen) atoms. The molecule has 0 amide bonds. The lowest BCUT2D eigenvalue weighted by molar-refractivity contribution is -0.438. The molecule has 278 valence electrons. The minimum atomic E-state index is -3.31. The van der Waals surface area contributed by atoms with Gasteiger partial charge < -0.3 is 4.90 Å². The van der Waals surface area contributed by atoms with Crippen LogP contribution in [-0.2, 0) is 30.5 Å². The number of hydrogen-bond donors (Lipinski definition) is 0. The van der Waals surface area contributed by atoms with Gasteiger partial charge in [0.1, 0.15) is 6.54 Å². The summed E-state index contributed by atoms with van der Waals surface area (Å²) in [6, 6.07) is 11.2. The van der Waals surface area contributed by atoms with Gasteiger partial charge in [-0.15, -0.1) is 0 Å². The number of rotatable bonds is 18. The van der Waals surface area contributed by atoms with E-state index in [1.165, 1.54) is 75.3 Å². The van der Waals surface area contributed by atoms with Crippen molar-refractivity contribution >= 4 is 36.8 Å². The summed E-state index contributed by atoms with van der Waals surface area (Å²) >= 11 is 0. The Balaban J connectivity index is 1.57. The van der Waals surface area contributed by atoms with Crippen molar-refractivity contribution in [2.45, 2.75) is 126 Å². The molecule has 4 rings (SSSR count). The van der Waals surface area contributed by atoms with Gasteiger partial charge in [-0.3, -0.25) is 0 Å². The molecule has 2 aromatic rings. The molecule has 0 bridgehead atoms.